The first kappa shape index (κ1) is 23.3. The molecule has 0 unspecified atom stereocenters. The molecule has 11 heteroatoms. The Balaban J connectivity index is 1.74. The molecule has 1 aromatic rings. The minimum absolute atomic E-state index is 0.155. The number of nitrogens with one attached hydrogen (secondary N) is 2. The zero-order valence-electron chi connectivity index (χ0n) is 17.0. The first-order valence-corrected chi connectivity index (χ1v) is 9.59. The molecule has 0 saturated carbocycles. The third kappa shape index (κ3) is 6.53. The van der Waals surface area contributed by atoms with E-state index in [1.807, 2.05) is 4.90 Å². The number of amides is 2. The molecule has 30 heavy (non-hydrogen) atoms. The Kier molecular flexibility index (Phi) is 8.31. The molecule has 8 nitrogen and oxygen atoms in total. The highest BCUT2D eigenvalue weighted by atomic mass is 19.4. The summed E-state index contributed by atoms with van der Waals surface area (Å²) in [6.45, 7) is 4.97. The number of piperazine rings is 1. The molecule has 0 aromatic heterocycles. The molecule has 0 atom stereocenters. The standard InChI is InChI=1S/C19H26F3N5O3/c1-3-30-18(29)27-12-10-26(11-13-27)17(23-2)25-9-8-24-16(28)14-4-6-15(7-5-14)19(20,21)22/h4-7H,3,8-13H2,1-2H3,(H,23,25)(H,24,28). The Bertz CT molecular complexity index is 745. The zero-order valence-corrected chi connectivity index (χ0v) is 17.0. The Labute approximate surface area is 173 Å². The van der Waals surface area contributed by atoms with E-state index in [2.05, 4.69) is 15.6 Å². The molecule has 0 spiro atoms. The lowest BCUT2D eigenvalue weighted by Gasteiger charge is -2.35. The van der Waals surface area contributed by atoms with E-state index in [9.17, 15) is 22.8 Å². The molecule has 0 radical (unpaired) electrons. The second-order valence-electron chi connectivity index (χ2n) is 6.48. The molecule has 0 bridgehead atoms. The molecule has 1 heterocycles. The lowest BCUT2D eigenvalue weighted by Crippen LogP contribution is -2.54. The summed E-state index contributed by atoms with van der Waals surface area (Å²) in [5, 5.41) is 5.77. The number of benzene rings is 1. The number of nitrogens with zero attached hydrogens (tertiary/aromatic N) is 3. The molecule has 2 amide bonds. The molecule has 1 aliphatic rings. The van der Waals surface area contributed by atoms with Crippen molar-refractivity contribution in [3.63, 3.8) is 0 Å². The van der Waals surface area contributed by atoms with Crippen LogP contribution in [0.1, 0.15) is 22.8 Å². The summed E-state index contributed by atoms with van der Waals surface area (Å²) in [7, 11) is 1.64. The molecule has 1 fully saturated rings. The number of carbonyl (C=O) groups excluding carboxylic acids is 2. The van der Waals surface area contributed by atoms with Gasteiger partial charge in [0, 0.05) is 51.9 Å². The number of ether oxygens (including phenoxy) is 1. The van der Waals surface area contributed by atoms with Crippen LogP contribution in [0.15, 0.2) is 29.3 Å². The van der Waals surface area contributed by atoms with Gasteiger partial charge in [0.05, 0.1) is 12.2 Å². The molecular formula is C19H26F3N5O3. The van der Waals surface area contributed by atoms with Crippen molar-refractivity contribution < 1.29 is 27.5 Å². The summed E-state index contributed by atoms with van der Waals surface area (Å²) in [4.78, 5) is 31.6. The zero-order chi connectivity index (χ0) is 22.1. The van der Waals surface area contributed by atoms with Crippen LogP contribution in [0.3, 0.4) is 0 Å². The van der Waals surface area contributed by atoms with Crippen LogP contribution in [0.2, 0.25) is 0 Å². The topological polar surface area (TPSA) is 86.3 Å². The number of halogens is 3. The van der Waals surface area contributed by atoms with E-state index in [0.717, 1.165) is 24.3 Å². The van der Waals surface area contributed by atoms with Gasteiger partial charge in [0.2, 0.25) is 0 Å². The van der Waals surface area contributed by atoms with Gasteiger partial charge in [-0.05, 0) is 31.2 Å². The second-order valence-corrected chi connectivity index (χ2v) is 6.48. The van der Waals surface area contributed by atoms with Gasteiger partial charge in [-0.15, -0.1) is 0 Å². The van der Waals surface area contributed by atoms with Crippen molar-refractivity contribution in [2.45, 2.75) is 13.1 Å². The molecule has 2 N–H and O–H groups in total. The summed E-state index contributed by atoms with van der Waals surface area (Å²) in [5.41, 5.74) is -0.643. The second kappa shape index (κ2) is 10.7. The molecule has 2 rings (SSSR count). The van der Waals surface area contributed by atoms with Gasteiger partial charge in [-0.2, -0.15) is 13.2 Å². The number of hydrogen-bond acceptors (Lipinski definition) is 4. The molecule has 166 valence electrons. The molecular weight excluding hydrogens is 403 g/mol. The van der Waals surface area contributed by atoms with E-state index in [-0.39, 0.29) is 18.2 Å². The van der Waals surface area contributed by atoms with Gasteiger partial charge in [-0.3, -0.25) is 9.79 Å². The maximum Gasteiger partial charge on any atom is 0.416 e. The van der Waals surface area contributed by atoms with Crippen LogP contribution in [0, 0.1) is 0 Å². The van der Waals surface area contributed by atoms with Gasteiger partial charge >= 0.3 is 12.3 Å². The van der Waals surface area contributed by atoms with Crippen LogP contribution in [0.4, 0.5) is 18.0 Å². The fourth-order valence-electron chi connectivity index (χ4n) is 2.91. The fourth-order valence-corrected chi connectivity index (χ4v) is 2.91. The van der Waals surface area contributed by atoms with Crippen molar-refractivity contribution >= 4 is 18.0 Å². The fraction of sp³-hybridized carbons (Fsp3) is 0.526. The molecule has 0 aliphatic carbocycles. The first-order chi connectivity index (χ1) is 14.3. The normalized spacial score (nSPS) is 15.0. The van der Waals surface area contributed by atoms with Crippen molar-refractivity contribution in [1.29, 1.82) is 0 Å². The summed E-state index contributed by atoms with van der Waals surface area (Å²) in [5.74, 6) is 0.186. The van der Waals surface area contributed by atoms with E-state index in [1.165, 1.54) is 0 Å². The van der Waals surface area contributed by atoms with Crippen molar-refractivity contribution in [3.05, 3.63) is 35.4 Å². The lowest BCUT2D eigenvalue weighted by atomic mass is 10.1. The van der Waals surface area contributed by atoms with E-state index < -0.39 is 17.6 Å². The minimum atomic E-state index is -4.43. The number of aliphatic imine (C=N–C) groups is 1. The Hall–Kier alpha value is -2.98. The highest BCUT2D eigenvalue weighted by molar-refractivity contribution is 5.94. The highest BCUT2D eigenvalue weighted by Gasteiger charge is 2.30. The van der Waals surface area contributed by atoms with Crippen LogP contribution in [-0.4, -0.2) is 80.7 Å². The minimum Gasteiger partial charge on any atom is -0.450 e. The van der Waals surface area contributed by atoms with Gasteiger partial charge in [-0.1, -0.05) is 0 Å². The number of hydrogen-bond donors (Lipinski definition) is 2. The number of alkyl halides is 3. The maximum atomic E-state index is 12.6. The van der Waals surface area contributed by atoms with Crippen molar-refractivity contribution in [2.75, 3.05) is 52.9 Å². The van der Waals surface area contributed by atoms with Gasteiger partial charge in [0.15, 0.2) is 5.96 Å². The summed E-state index contributed by atoms with van der Waals surface area (Å²) < 4.78 is 42.7. The summed E-state index contributed by atoms with van der Waals surface area (Å²) in [6, 6.07) is 4.05. The number of carbonyl (C=O) groups is 2. The predicted octanol–water partition coefficient (Wildman–Crippen LogP) is 1.78. The molecule has 1 aliphatic heterocycles. The molecule has 1 aromatic carbocycles. The molecule has 1 saturated heterocycles. The Morgan fingerprint density at radius 1 is 1.03 bits per heavy atom. The summed E-state index contributed by atoms with van der Waals surface area (Å²) >= 11 is 0. The Morgan fingerprint density at radius 3 is 2.13 bits per heavy atom. The van der Waals surface area contributed by atoms with Crippen molar-refractivity contribution in [1.82, 2.24) is 20.4 Å². The third-order valence-corrected chi connectivity index (χ3v) is 4.49. The van der Waals surface area contributed by atoms with Gasteiger partial charge in [0.25, 0.3) is 5.91 Å². The SMILES string of the molecule is CCOC(=O)N1CCN(C(=NC)NCCNC(=O)c2ccc(C(F)(F)F)cc2)CC1. The average molecular weight is 429 g/mol. The van der Waals surface area contributed by atoms with E-state index >= 15 is 0 Å². The van der Waals surface area contributed by atoms with Crippen LogP contribution < -0.4 is 10.6 Å². The smallest absolute Gasteiger partial charge is 0.416 e. The van der Waals surface area contributed by atoms with Crippen LogP contribution in [-0.2, 0) is 10.9 Å². The lowest BCUT2D eigenvalue weighted by molar-refractivity contribution is -0.137. The quantitative estimate of drug-likeness (QED) is 0.424. The van der Waals surface area contributed by atoms with E-state index in [0.29, 0.717) is 45.3 Å². The summed E-state index contributed by atoms with van der Waals surface area (Å²) in [6.07, 6.45) is -4.76. The average Bonchev–Trinajstić information content (AvgIpc) is 2.73. The van der Waals surface area contributed by atoms with Gasteiger partial charge in [-0.25, -0.2) is 4.79 Å². The highest BCUT2D eigenvalue weighted by Crippen LogP contribution is 2.29. The van der Waals surface area contributed by atoms with Crippen molar-refractivity contribution in [2.24, 2.45) is 4.99 Å². The van der Waals surface area contributed by atoms with Crippen molar-refractivity contribution in [3.8, 4) is 0 Å². The number of rotatable bonds is 5. The van der Waals surface area contributed by atoms with Crippen LogP contribution >= 0.6 is 0 Å². The third-order valence-electron chi connectivity index (χ3n) is 4.49. The van der Waals surface area contributed by atoms with Gasteiger partial charge < -0.3 is 25.2 Å². The van der Waals surface area contributed by atoms with Crippen LogP contribution in [0.5, 0.6) is 0 Å². The monoisotopic (exact) mass is 429 g/mol. The number of guanidine groups is 1. The van der Waals surface area contributed by atoms with Crippen LogP contribution in [0.25, 0.3) is 0 Å². The van der Waals surface area contributed by atoms with E-state index in [1.54, 1.807) is 18.9 Å². The Morgan fingerprint density at radius 2 is 1.60 bits per heavy atom. The van der Waals surface area contributed by atoms with Gasteiger partial charge in [0.1, 0.15) is 0 Å². The first-order valence-electron chi connectivity index (χ1n) is 9.59. The largest absolute Gasteiger partial charge is 0.450 e. The van der Waals surface area contributed by atoms with E-state index in [4.69, 9.17) is 4.74 Å². The predicted molar refractivity (Wildman–Crippen MR) is 105 cm³/mol. The maximum absolute atomic E-state index is 12.6.